The van der Waals surface area contributed by atoms with Crippen LogP contribution >= 0.6 is 24.8 Å². The van der Waals surface area contributed by atoms with Crippen LogP contribution < -0.4 is 10.6 Å². The van der Waals surface area contributed by atoms with Crippen LogP contribution in [-0.2, 0) is 11.3 Å². The molecule has 0 aliphatic heterocycles. The van der Waals surface area contributed by atoms with Gasteiger partial charge in [-0.15, -0.1) is 11.3 Å². The van der Waals surface area contributed by atoms with E-state index in [9.17, 15) is 0 Å². The van der Waals surface area contributed by atoms with Crippen molar-refractivity contribution in [2.45, 2.75) is 67.0 Å². The smallest absolute Gasteiger partial charge is 0.147 e. The Morgan fingerprint density at radius 2 is 1.88 bits per heavy atom. The molecule has 3 rings (SSSR count). The largest absolute Gasteiger partial charge is 0.377 e. The van der Waals surface area contributed by atoms with Crippen molar-refractivity contribution in [3.8, 4) is 0 Å². The third-order valence-electron chi connectivity index (χ3n) is 4.32. The van der Waals surface area contributed by atoms with Gasteiger partial charge < -0.3 is 15.4 Å². The molecule has 2 aromatic heterocycles. The molecule has 1 unspecified atom stereocenters. The molecule has 0 saturated carbocycles. The predicted molar refractivity (Wildman–Crippen MR) is 147 cm³/mol. The molecule has 7 heteroatoms. The summed E-state index contributed by atoms with van der Waals surface area (Å²) < 4.78 is 6.87. The second kappa shape index (κ2) is 17.8. The lowest BCUT2D eigenvalue weighted by Gasteiger charge is -2.16. The third-order valence-corrected chi connectivity index (χ3v) is 5.41. The minimum absolute atomic E-state index is 0. The fourth-order valence-corrected chi connectivity index (χ4v) is 3.81. The molecular weight excluding hydrogens is 436 g/mol. The Hall–Kier alpha value is -1.67. The van der Waals surface area contributed by atoms with E-state index in [1.807, 2.05) is 20.9 Å². The highest BCUT2D eigenvalue weighted by Gasteiger charge is 2.12. The number of ether oxygens (including phenoxy) is 1. The minimum atomic E-state index is 0. The lowest BCUT2D eigenvalue weighted by atomic mass is 10.1. The predicted octanol–water partition coefficient (Wildman–Crippen LogP) is 6.85. The average Bonchev–Trinajstić information content (AvgIpc) is 3.18. The van der Waals surface area contributed by atoms with E-state index in [-0.39, 0.29) is 19.5 Å². The van der Waals surface area contributed by atoms with Crippen molar-refractivity contribution in [1.82, 2.24) is 15.3 Å². The molecule has 2 N–H and O–H groups in total. The van der Waals surface area contributed by atoms with Gasteiger partial charge in [0.15, 0.2) is 0 Å². The molecule has 0 amide bonds. The van der Waals surface area contributed by atoms with Gasteiger partial charge in [0.05, 0.1) is 16.8 Å². The molecule has 0 aliphatic rings. The standard InChI is InChI=1S/C20H26N4OS.C3H8.C2H6.H2S/c1-14-12-26-19-18(14)22-13-23-20(19)24-15(2)17-7-4-6-16(10-17)11-25-9-5-8-21-3;1-3-2;1-2;/h4,6-7,10,12-13,15,21H,5,8-9,11H2,1-3H3,(H,22,23,24);3H2,1-2H3;1-2H3;1H2. The zero-order chi connectivity index (χ0) is 23.1. The molecule has 0 spiro atoms. The average molecular weight is 479 g/mol. The van der Waals surface area contributed by atoms with Crippen molar-refractivity contribution in [3.05, 3.63) is 52.7 Å². The number of nitrogens with one attached hydrogen (secondary N) is 2. The van der Waals surface area contributed by atoms with Crippen LogP contribution in [0.1, 0.15) is 70.2 Å². The summed E-state index contributed by atoms with van der Waals surface area (Å²) in [4.78, 5) is 8.83. The first kappa shape index (κ1) is 30.3. The number of thiophene rings is 1. The summed E-state index contributed by atoms with van der Waals surface area (Å²) in [6.45, 7) is 14.9. The highest BCUT2D eigenvalue weighted by Crippen LogP contribution is 2.30. The molecule has 3 aromatic rings. The summed E-state index contributed by atoms with van der Waals surface area (Å²) in [5.41, 5.74) is 4.64. The summed E-state index contributed by atoms with van der Waals surface area (Å²) in [5, 5.41) is 8.79. The molecule has 180 valence electrons. The molecule has 2 heterocycles. The van der Waals surface area contributed by atoms with E-state index in [0.29, 0.717) is 6.61 Å². The monoisotopic (exact) mass is 478 g/mol. The van der Waals surface area contributed by atoms with Crippen molar-refractivity contribution < 1.29 is 4.74 Å². The van der Waals surface area contributed by atoms with E-state index < -0.39 is 0 Å². The van der Waals surface area contributed by atoms with Crippen LogP contribution in [0.5, 0.6) is 0 Å². The number of fused-ring (bicyclic) bond motifs is 1. The number of aromatic nitrogens is 2. The summed E-state index contributed by atoms with van der Waals surface area (Å²) in [5.74, 6) is 0.898. The number of rotatable bonds is 9. The topological polar surface area (TPSA) is 59.1 Å². The van der Waals surface area contributed by atoms with E-state index >= 15 is 0 Å². The van der Waals surface area contributed by atoms with Gasteiger partial charge in [-0.05, 0) is 55.9 Å². The molecule has 32 heavy (non-hydrogen) atoms. The van der Waals surface area contributed by atoms with Gasteiger partial charge in [-0.3, -0.25) is 0 Å². The van der Waals surface area contributed by atoms with Crippen LogP contribution in [0.4, 0.5) is 5.82 Å². The molecule has 0 bridgehead atoms. The van der Waals surface area contributed by atoms with E-state index in [0.717, 1.165) is 35.6 Å². The Morgan fingerprint density at radius 3 is 2.56 bits per heavy atom. The SMILES string of the molecule is CC.CCC.CNCCCOCc1cccc(C(C)Nc2ncnc3c(C)csc23)c1.S. The van der Waals surface area contributed by atoms with E-state index in [1.165, 1.54) is 23.1 Å². The van der Waals surface area contributed by atoms with E-state index in [2.05, 4.69) is 77.9 Å². The Bertz CT molecular complexity index is 870. The normalized spacial score (nSPS) is 10.8. The van der Waals surface area contributed by atoms with Crippen LogP contribution in [0, 0.1) is 6.92 Å². The number of benzene rings is 1. The third kappa shape index (κ3) is 9.86. The second-order valence-electron chi connectivity index (χ2n) is 7.15. The first-order chi connectivity index (χ1) is 15.1. The zero-order valence-electron chi connectivity index (χ0n) is 20.8. The number of anilines is 1. The van der Waals surface area contributed by atoms with Gasteiger partial charge in [0.1, 0.15) is 12.1 Å². The summed E-state index contributed by atoms with van der Waals surface area (Å²) in [7, 11) is 1.96. The van der Waals surface area contributed by atoms with Gasteiger partial charge in [-0.25, -0.2) is 9.97 Å². The summed E-state index contributed by atoms with van der Waals surface area (Å²) in [6.07, 6.45) is 3.91. The zero-order valence-corrected chi connectivity index (χ0v) is 22.6. The van der Waals surface area contributed by atoms with Crippen LogP contribution in [0.3, 0.4) is 0 Å². The first-order valence-corrected chi connectivity index (χ1v) is 12.2. The first-order valence-electron chi connectivity index (χ1n) is 11.4. The van der Waals surface area contributed by atoms with Gasteiger partial charge in [0.25, 0.3) is 0 Å². The molecule has 1 aromatic carbocycles. The molecule has 1 atom stereocenters. The Kier molecular flexibility index (Phi) is 16.9. The number of hydrogen-bond donors (Lipinski definition) is 2. The Balaban J connectivity index is 0.00000148. The van der Waals surface area contributed by atoms with Gasteiger partial charge in [0.2, 0.25) is 0 Å². The van der Waals surface area contributed by atoms with Gasteiger partial charge in [-0.1, -0.05) is 58.4 Å². The number of hydrogen-bond acceptors (Lipinski definition) is 6. The van der Waals surface area contributed by atoms with Crippen molar-refractivity contribution >= 4 is 40.9 Å². The maximum Gasteiger partial charge on any atom is 0.147 e. The highest BCUT2D eigenvalue weighted by molar-refractivity contribution is 7.59. The van der Waals surface area contributed by atoms with Crippen LogP contribution in [0.2, 0.25) is 0 Å². The summed E-state index contributed by atoms with van der Waals surface area (Å²) >= 11 is 1.69. The molecular formula is C25H42N4OS2. The fourth-order valence-electron chi connectivity index (χ4n) is 2.85. The second-order valence-corrected chi connectivity index (χ2v) is 8.03. The molecule has 5 nitrogen and oxygen atoms in total. The van der Waals surface area contributed by atoms with Crippen molar-refractivity contribution in [1.29, 1.82) is 0 Å². The van der Waals surface area contributed by atoms with Crippen molar-refractivity contribution in [2.24, 2.45) is 0 Å². The molecule has 0 saturated heterocycles. The number of nitrogens with zero attached hydrogens (tertiary/aromatic N) is 2. The lowest BCUT2D eigenvalue weighted by Crippen LogP contribution is -2.11. The van der Waals surface area contributed by atoms with Crippen LogP contribution in [-0.4, -0.2) is 30.2 Å². The van der Waals surface area contributed by atoms with Gasteiger partial charge >= 0.3 is 0 Å². The van der Waals surface area contributed by atoms with Crippen molar-refractivity contribution in [3.63, 3.8) is 0 Å². The molecule has 0 fully saturated rings. The maximum atomic E-state index is 5.76. The minimum Gasteiger partial charge on any atom is -0.377 e. The molecule has 0 aliphatic carbocycles. The summed E-state index contributed by atoms with van der Waals surface area (Å²) in [6, 6.07) is 8.69. The lowest BCUT2D eigenvalue weighted by molar-refractivity contribution is 0.119. The number of aryl methyl sites for hydroxylation is 1. The van der Waals surface area contributed by atoms with Crippen LogP contribution in [0.25, 0.3) is 10.2 Å². The van der Waals surface area contributed by atoms with E-state index in [4.69, 9.17) is 4.74 Å². The van der Waals surface area contributed by atoms with Crippen LogP contribution in [0.15, 0.2) is 36.0 Å². The van der Waals surface area contributed by atoms with E-state index in [1.54, 1.807) is 17.7 Å². The Morgan fingerprint density at radius 1 is 1.16 bits per heavy atom. The quantitative estimate of drug-likeness (QED) is 0.329. The van der Waals surface area contributed by atoms with Gasteiger partial charge in [0, 0.05) is 12.6 Å². The highest BCUT2D eigenvalue weighted by atomic mass is 32.1. The maximum absolute atomic E-state index is 5.76. The Labute approximate surface area is 205 Å². The van der Waals surface area contributed by atoms with Crippen molar-refractivity contribution in [2.75, 3.05) is 25.5 Å². The fraction of sp³-hybridized carbons (Fsp3) is 0.520. The van der Waals surface area contributed by atoms with Gasteiger partial charge in [-0.2, -0.15) is 13.5 Å². The molecule has 0 radical (unpaired) electrons.